The fourth-order valence-corrected chi connectivity index (χ4v) is 9.22. The Balaban J connectivity index is 1.25. The van der Waals surface area contributed by atoms with Crippen molar-refractivity contribution >= 4 is 16.7 Å². The average Bonchev–Trinajstić information content (AvgIpc) is 3.37. The van der Waals surface area contributed by atoms with Crippen LogP contribution in [0.1, 0.15) is 72.1 Å². The van der Waals surface area contributed by atoms with E-state index in [9.17, 15) is 15.0 Å². The Morgan fingerprint density at radius 1 is 1.12 bits per heavy atom. The van der Waals surface area contributed by atoms with E-state index in [2.05, 4.69) is 23.9 Å². The molecule has 4 aliphatic carbocycles. The highest BCUT2D eigenvalue weighted by atomic mass is 16.3. The molecule has 2 aromatic rings. The van der Waals surface area contributed by atoms with Gasteiger partial charge < -0.3 is 10.2 Å². The number of fused-ring (bicyclic) bond motifs is 6. The van der Waals surface area contributed by atoms with Crippen molar-refractivity contribution in [3.8, 4) is 0 Å². The molecule has 0 unspecified atom stereocenters. The minimum atomic E-state index is -0.546. The lowest BCUT2D eigenvalue weighted by atomic mass is 9.43. The number of carbonyl (C=O) groups is 1. The standard InChI is InChI=1S/C28H39N3O3/c1-26(34)9-10-27(2)18(13-26)4-5-19-20-6-7-21(28(20,3)25(33)12-22(19)27)24(32)16-31-23-15-29-11-8-17(23)14-30-31/h8,11,14-15,18-22,25,33-34H,4-7,9-10,12-13,16H2,1-3H3/t18-,19-,20-,21+,22-,25+,26+,27-,28-/m0/s1. The van der Waals surface area contributed by atoms with Crippen LogP contribution < -0.4 is 0 Å². The lowest BCUT2D eigenvalue weighted by Gasteiger charge is -2.62. The lowest BCUT2D eigenvalue weighted by Crippen LogP contribution is -2.59. The van der Waals surface area contributed by atoms with Crippen LogP contribution in [0.5, 0.6) is 0 Å². The zero-order valence-electron chi connectivity index (χ0n) is 20.8. The van der Waals surface area contributed by atoms with Crippen LogP contribution in [0.15, 0.2) is 24.7 Å². The normalized spacial score (nSPS) is 46.0. The first-order valence-corrected chi connectivity index (χ1v) is 13.3. The van der Waals surface area contributed by atoms with Gasteiger partial charge in [0.05, 0.1) is 29.6 Å². The van der Waals surface area contributed by atoms with Gasteiger partial charge in [-0.3, -0.25) is 14.5 Å². The molecule has 34 heavy (non-hydrogen) atoms. The maximum absolute atomic E-state index is 13.7. The number of Topliss-reactive ketones (excluding diaryl/α,β-unsaturated/α-hetero) is 1. The Hall–Kier alpha value is -1.79. The molecule has 9 atom stereocenters. The molecule has 0 aliphatic heterocycles. The van der Waals surface area contributed by atoms with E-state index < -0.39 is 11.7 Å². The highest BCUT2D eigenvalue weighted by Crippen LogP contribution is 2.68. The number of hydrogen-bond donors (Lipinski definition) is 2. The van der Waals surface area contributed by atoms with Gasteiger partial charge in [0, 0.05) is 22.9 Å². The van der Waals surface area contributed by atoms with Gasteiger partial charge in [0.2, 0.25) is 0 Å². The summed E-state index contributed by atoms with van der Waals surface area (Å²) in [5.74, 6) is 2.07. The van der Waals surface area contributed by atoms with E-state index in [0.717, 1.165) is 49.4 Å². The second-order valence-corrected chi connectivity index (χ2v) is 12.8. The van der Waals surface area contributed by atoms with E-state index in [1.165, 1.54) is 12.8 Å². The molecule has 6 rings (SSSR count). The summed E-state index contributed by atoms with van der Waals surface area (Å²) < 4.78 is 1.78. The number of pyridine rings is 1. The Labute approximate surface area is 202 Å². The molecule has 0 spiro atoms. The second kappa shape index (κ2) is 7.60. The first-order valence-electron chi connectivity index (χ1n) is 13.3. The number of rotatable bonds is 3. The molecule has 6 heteroatoms. The van der Waals surface area contributed by atoms with Crippen LogP contribution in [0.4, 0.5) is 0 Å². The number of aliphatic hydroxyl groups is 2. The van der Waals surface area contributed by atoms with Crippen molar-refractivity contribution in [1.82, 2.24) is 14.8 Å². The number of aliphatic hydroxyl groups excluding tert-OH is 1. The van der Waals surface area contributed by atoms with Crippen molar-refractivity contribution < 1.29 is 15.0 Å². The Bertz CT molecular complexity index is 1110. The quantitative estimate of drug-likeness (QED) is 0.702. The van der Waals surface area contributed by atoms with E-state index >= 15 is 0 Å². The van der Waals surface area contributed by atoms with E-state index in [-0.39, 0.29) is 29.1 Å². The van der Waals surface area contributed by atoms with Crippen molar-refractivity contribution in [1.29, 1.82) is 0 Å². The summed E-state index contributed by atoms with van der Waals surface area (Å²) in [6, 6.07) is 1.92. The highest BCUT2D eigenvalue weighted by Gasteiger charge is 2.64. The van der Waals surface area contributed by atoms with E-state index in [1.54, 1.807) is 23.3 Å². The molecule has 2 aromatic heterocycles. The molecule has 4 saturated carbocycles. The van der Waals surface area contributed by atoms with Crippen molar-refractivity contribution in [3.05, 3.63) is 24.7 Å². The van der Waals surface area contributed by atoms with Gasteiger partial charge in [0.15, 0.2) is 5.78 Å². The molecule has 0 aromatic carbocycles. The third kappa shape index (κ3) is 3.17. The SMILES string of the molecule is C[C@@]1(O)CC[C@@]2(C)[C@@H](CC[C@@H]3[C@@H]2C[C@@H](O)[C@]2(C)[C@@H](C(=O)Cn4ncc5ccncc54)CC[C@@H]32)C1. The van der Waals surface area contributed by atoms with Crippen molar-refractivity contribution in [3.63, 3.8) is 0 Å². The summed E-state index contributed by atoms with van der Waals surface area (Å²) in [6.45, 7) is 6.89. The monoisotopic (exact) mass is 465 g/mol. The molecule has 0 saturated heterocycles. The second-order valence-electron chi connectivity index (χ2n) is 12.8. The third-order valence-electron chi connectivity index (χ3n) is 11.2. The van der Waals surface area contributed by atoms with Crippen LogP contribution in [0.3, 0.4) is 0 Å². The van der Waals surface area contributed by atoms with Crippen molar-refractivity contribution in [2.24, 2.45) is 40.4 Å². The first-order chi connectivity index (χ1) is 16.1. The molecule has 0 amide bonds. The Kier molecular flexibility index (Phi) is 5.07. The maximum Gasteiger partial charge on any atom is 0.158 e. The summed E-state index contributed by atoms with van der Waals surface area (Å²) in [4.78, 5) is 17.9. The highest BCUT2D eigenvalue weighted by molar-refractivity contribution is 5.85. The summed E-state index contributed by atoms with van der Waals surface area (Å²) in [5, 5.41) is 27.9. The van der Waals surface area contributed by atoms with Gasteiger partial charge in [-0.1, -0.05) is 13.8 Å². The number of hydrogen-bond acceptors (Lipinski definition) is 5. The fraction of sp³-hybridized carbons (Fsp3) is 0.750. The van der Waals surface area contributed by atoms with Crippen LogP contribution in [-0.2, 0) is 11.3 Å². The van der Waals surface area contributed by atoms with Crippen LogP contribution in [-0.4, -0.2) is 42.5 Å². The third-order valence-corrected chi connectivity index (χ3v) is 11.2. The van der Waals surface area contributed by atoms with Gasteiger partial charge in [-0.15, -0.1) is 0 Å². The van der Waals surface area contributed by atoms with Crippen LogP contribution >= 0.6 is 0 Å². The van der Waals surface area contributed by atoms with Crippen LogP contribution in [0, 0.1) is 40.4 Å². The minimum absolute atomic E-state index is 0.123. The van der Waals surface area contributed by atoms with Gasteiger partial charge in [0.25, 0.3) is 0 Å². The summed E-state index contributed by atoms with van der Waals surface area (Å²) in [7, 11) is 0. The number of aromatic nitrogens is 3. The lowest BCUT2D eigenvalue weighted by molar-refractivity contribution is -0.182. The summed E-state index contributed by atoms with van der Waals surface area (Å²) in [5.41, 5.74) is 0.175. The molecule has 0 bridgehead atoms. The molecule has 2 N–H and O–H groups in total. The minimum Gasteiger partial charge on any atom is -0.393 e. The number of carbonyl (C=O) groups excluding carboxylic acids is 1. The Morgan fingerprint density at radius 3 is 2.76 bits per heavy atom. The fourth-order valence-electron chi connectivity index (χ4n) is 9.22. The maximum atomic E-state index is 13.7. The number of ketones is 1. The molecule has 184 valence electrons. The van der Waals surface area contributed by atoms with Gasteiger partial charge in [-0.2, -0.15) is 5.10 Å². The van der Waals surface area contributed by atoms with Crippen LogP contribution in [0.2, 0.25) is 0 Å². The molecule has 6 nitrogen and oxygen atoms in total. The van der Waals surface area contributed by atoms with Gasteiger partial charge in [0.1, 0.15) is 6.54 Å². The van der Waals surface area contributed by atoms with Crippen LogP contribution in [0.25, 0.3) is 10.9 Å². The van der Waals surface area contributed by atoms with E-state index in [4.69, 9.17) is 0 Å². The molecule has 2 heterocycles. The van der Waals surface area contributed by atoms with Crippen molar-refractivity contribution in [2.75, 3.05) is 0 Å². The molecule has 0 radical (unpaired) electrons. The topological polar surface area (TPSA) is 88.2 Å². The largest absolute Gasteiger partial charge is 0.393 e. The van der Waals surface area contributed by atoms with Gasteiger partial charge in [-0.05, 0) is 93.4 Å². The van der Waals surface area contributed by atoms with E-state index in [1.807, 2.05) is 13.0 Å². The zero-order chi connectivity index (χ0) is 23.9. The number of nitrogens with zero attached hydrogens (tertiary/aromatic N) is 3. The van der Waals surface area contributed by atoms with E-state index in [0.29, 0.717) is 23.7 Å². The van der Waals surface area contributed by atoms with Gasteiger partial charge in [-0.25, -0.2) is 0 Å². The molecular formula is C28H39N3O3. The molecule has 4 aliphatic rings. The smallest absolute Gasteiger partial charge is 0.158 e. The molecule has 4 fully saturated rings. The summed E-state index contributed by atoms with van der Waals surface area (Å²) in [6.07, 6.45) is 12.7. The molecular weight excluding hydrogens is 426 g/mol. The zero-order valence-corrected chi connectivity index (χ0v) is 20.8. The predicted molar refractivity (Wildman–Crippen MR) is 130 cm³/mol. The first kappa shape index (κ1) is 22.7. The summed E-state index contributed by atoms with van der Waals surface area (Å²) >= 11 is 0. The van der Waals surface area contributed by atoms with Gasteiger partial charge >= 0.3 is 0 Å². The van der Waals surface area contributed by atoms with Crippen molar-refractivity contribution in [2.45, 2.75) is 90.4 Å². The predicted octanol–water partition coefficient (Wildman–Crippen LogP) is 4.38. The average molecular weight is 466 g/mol. The Morgan fingerprint density at radius 2 is 1.94 bits per heavy atom.